The first-order chi connectivity index (χ1) is 5.77. The van der Waals surface area contributed by atoms with Crippen LogP contribution in [0.5, 0.6) is 0 Å². The van der Waals surface area contributed by atoms with Crippen LogP contribution in [0.2, 0.25) is 0 Å². The molecular formula is C10H10NO. The predicted molar refractivity (Wildman–Crippen MR) is 49.4 cm³/mol. The second-order valence-electron chi connectivity index (χ2n) is 2.94. The molecule has 0 N–H and O–H groups in total. The van der Waals surface area contributed by atoms with Gasteiger partial charge < -0.3 is 9.32 Å². The van der Waals surface area contributed by atoms with Crippen molar-refractivity contribution in [3.05, 3.63) is 30.3 Å². The summed E-state index contributed by atoms with van der Waals surface area (Å²) in [6, 6.07) is 10.7. The molecule has 0 saturated carbocycles. The van der Waals surface area contributed by atoms with Gasteiger partial charge in [0.15, 0.2) is 5.88 Å². The quantitative estimate of drug-likeness (QED) is 0.636. The fourth-order valence-electron chi connectivity index (χ4n) is 1.13. The van der Waals surface area contributed by atoms with E-state index in [1.165, 1.54) is 0 Å². The van der Waals surface area contributed by atoms with E-state index in [1.54, 1.807) is 0 Å². The van der Waals surface area contributed by atoms with E-state index in [9.17, 15) is 0 Å². The molecule has 1 aromatic carbocycles. The van der Waals surface area contributed by atoms with E-state index in [1.807, 2.05) is 43.3 Å². The largest absolute Gasteiger partial charge is 0.441 e. The van der Waals surface area contributed by atoms with Crippen LogP contribution in [0.25, 0.3) is 11.0 Å². The smallest absolute Gasteiger partial charge is 0.196 e. The summed E-state index contributed by atoms with van der Waals surface area (Å²) in [4.78, 5) is 1.94. The zero-order chi connectivity index (χ0) is 8.55. The SMILES string of the molecule is CN(C)c1cc2c[c]ccc2o1. The van der Waals surface area contributed by atoms with Crippen LogP contribution in [0.4, 0.5) is 5.88 Å². The summed E-state index contributed by atoms with van der Waals surface area (Å²) >= 11 is 0. The van der Waals surface area contributed by atoms with E-state index >= 15 is 0 Å². The molecule has 2 aromatic rings. The molecule has 0 aliphatic carbocycles. The van der Waals surface area contributed by atoms with Gasteiger partial charge in [-0.3, -0.25) is 0 Å². The Bertz CT molecular complexity index is 356. The summed E-state index contributed by atoms with van der Waals surface area (Å²) in [7, 11) is 3.92. The lowest BCUT2D eigenvalue weighted by Gasteiger charge is -2.05. The van der Waals surface area contributed by atoms with Crippen LogP contribution < -0.4 is 4.90 Å². The minimum absolute atomic E-state index is 0.879. The lowest BCUT2D eigenvalue weighted by molar-refractivity contribution is 0.610. The Morgan fingerprint density at radius 2 is 2.25 bits per heavy atom. The fraction of sp³-hybridized carbons (Fsp3) is 0.200. The van der Waals surface area contributed by atoms with Gasteiger partial charge in [0.2, 0.25) is 0 Å². The standard InChI is InChI=1S/C10H10NO/c1-11(2)10-7-8-5-3-4-6-9(8)12-10/h4-7H,1-2H3. The average molecular weight is 160 g/mol. The van der Waals surface area contributed by atoms with Crippen molar-refractivity contribution < 1.29 is 4.42 Å². The third-order valence-electron chi connectivity index (χ3n) is 1.79. The first-order valence-corrected chi connectivity index (χ1v) is 3.84. The van der Waals surface area contributed by atoms with Gasteiger partial charge in [0, 0.05) is 25.5 Å². The van der Waals surface area contributed by atoms with Crippen LogP contribution in [-0.2, 0) is 0 Å². The molecule has 0 spiro atoms. The van der Waals surface area contributed by atoms with Gasteiger partial charge in [-0.25, -0.2) is 0 Å². The summed E-state index contributed by atoms with van der Waals surface area (Å²) < 4.78 is 5.54. The van der Waals surface area contributed by atoms with Gasteiger partial charge in [0.25, 0.3) is 0 Å². The van der Waals surface area contributed by atoms with E-state index in [-0.39, 0.29) is 0 Å². The summed E-state index contributed by atoms with van der Waals surface area (Å²) in [5, 5.41) is 1.10. The molecular weight excluding hydrogens is 150 g/mol. The molecule has 1 aromatic heterocycles. The second kappa shape index (κ2) is 2.55. The lowest BCUT2D eigenvalue weighted by atomic mass is 10.3. The number of benzene rings is 1. The van der Waals surface area contributed by atoms with Crippen molar-refractivity contribution in [2.45, 2.75) is 0 Å². The van der Waals surface area contributed by atoms with Crippen molar-refractivity contribution >= 4 is 16.9 Å². The van der Waals surface area contributed by atoms with E-state index < -0.39 is 0 Å². The topological polar surface area (TPSA) is 16.4 Å². The highest BCUT2D eigenvalue weighted by atomic mass is 16.4. The van der Waals surface area contributed by atoms with Crippen molar-refractivity contribution in [2.24, 2.45) is 0 Å². The number of hydrogen-bond donors (Lipinski definition) is 0. The van der Waals surface area contributed by atoms with E-state index in [0.29, 0.717) is 0 Å². The van der Waals surface area contributed by atoms with Crippen LogP contribution in [0.3, 0.4) is 0 Å². The summed E-state index contributed by atoms with van der Waals surface area (Å²) in [6.45, 7) is 0. The molecule has 0 aliphatic rings. The molecule has 0 unspecified atom stereocenters. The van der Waals surface area contributed by atoms with Crippen molar-refractivity contribution in [2.75, 3.05) is 19.0 Å². The van der Waals surface area contributed by atoms with Crippen molar-refractivity contribution in [1.82, 2.24) is 0 Å². The van der Waals surface area contributed by atoms with Crippen molar-refractivity contribution in [3.63, 3.8) is 0 Å². The highest BCUT2D eigenvalue weighted by Gasteiger charge is 2.02. The number of furan rings is 1. The van der Waals surface area contributed by atoms with Crippen LogP contribution in [0.1, 0.15) is 0 Å². The van der Waals surface area contributed by atoms with Crippen molar-refractivity contribution in [1.29, 1.82) is 0 Å². The Morgan fingerprint density at radius 1 is 1.42 bits per heavy atom. The minimum Gasteiger partial charge on any atom is -0.441 e. The van der Waals surface area contributed by atoms with Gasteiger partial charge in [-0.2, -0.15) is 0 Å². The fourth-order valence-corrected chi connectivity index (χ4v) is 1.13. The molecule has 0 bridgehead atoms. The minimum atomic E-state index is 0.879. The highest BCUT2D eigenvalue weighted by Crippen LogP contribution is 2.23. The monoisotopic (exact) mass is 160 g/mol. The maximum absolute atomic E-state index is 5.54. The Balaban J connectivity index is 2.62. The lowest BCUT2D eigenvalue weighted by Crippen LogP contribution is -2.06. The Kier molecular flexibility index (Phi) is 1.54. The first-order valence-electron chi connectivity index (χ1n) is 3.84. The maximum atomic E-state index is 5.54. The molecule has 1 radical (unpaired) electrons. The molecule has 2 heteroatoms. The van der Waals surface area contributed by atoms with Crippen LogP contribution in [-0.4, -0.2) is 14.1 Å². The van der Waals surface area contributed by atoms with E-state index in [2.05, 4.69) is 6.07 Å². The molecule has 0 amide bonds. The van der Waals surface area contributed by atoms with Gasteiger partial charge >= 0.3 is 0 Å². The maximum Gasteiger partial charge on any atom is 0.196 e. The number of fused-ring (bicyclic) bond motifs is 1. The normalized spacial score (nSPS) is 10.5. The predicted octanol–water partition coefficient (Wildman–Crippen LogP) is 2.30. The molecule has 0 fully saturated rings. The zero-order valence-corrected chi connectivity index (χ0v) is 7.16. The van der Waals surface area contributed by atoms with Gasteiger partial charge in [-0.1, -0.05) is 6.07 Å². The van der Waals surface area contributed by atoms with Gasteiger partial charge in [0.1, 0.15) is 5.58 Å². The van der Waals surface area contributed by atoms with Crippen molar-refractivity contribution in [3.8, 4) is 0 Å². The molecule has 61 valence electrons. The molecule has 2 rings (SSSR count). The first kappa shape index (κ1) is 7.22. The number of hydrogen-bond acceptors (Lipinski definition) is 2. The molecule has 1 heterocycles. The Labute approximate surface area is 71.4 Å². The molecule has 2 nitrogen and oxygen atoms in total. The summed E-state index contributed by atoms with van der Waals surface area (Å²) in [5.74, 6) is 0.879. The Hall–Kier alpha value is -1.44. The third kappa shape index (κ3) is 1.05. The molecule has 12 heavy (non-hydrogen) atoms. The van der Waals surface area contributed by atoms with Crippen LogP contribution in [0, 0.1) is 6.07 Å². The van der Waals surface area contributed by atoms with Gasteiger partial charge in [-0.05, 0) is 18.2 Å². The second-order valence-corrected chi connectivity index (χ2v) is 2.94. The van der Waals surface area contributed by atoms with Gasteiger partial charge in [-0.15, -0.1) is 0 Å². The number of anilines is 1. The number of rotatable bonds is 1. The van der Waals surface area contributed by atoms with Crippen LogP contribution >= 0.6 is 0 Å². The van der Waals surface area contributed by atoms with E-state index in [4.69, 9.17) is 4.42 Å². The Morgan fingerprint density at radius 3 is 2.92 bits per heavy atom. The third-order valence-corrected chi connectivity index (χ3v) is 1.79. The number of nitrogens with zero attached hydrogens (tertiary/aromatic N) is 1. The highest BCUT2D eigenvalue weighted by molar-refractivity contribution is 5.80. The zero-order valence-electron chi connectivity index (χ0n) is 7.16. The molecule has 0 aliphatic heterocycles. The average Bonchev–Trinajstić information content (AvgIpc) is 2.46. The molecule has 0 saturated heterocycles. The summed E-state index contributed by atoms with van der Waals surface area (Å²) in [6.07, 6.45) is 0. The van der Waals surface area contributed by atoms with Crippen LogP contribution in [0.15, 0.2) is 28.7 Å². The van der Waals surface area contributed by atoms with E-state index in [0.717, 1.165) is 16.9 Å². The summed E-state index contributed by atoms with van der Waals surface area (Å²) in [5.41, 5.74) is 0.914. The molecule has 0 atom stereocenters. The van der Waals surface area contributed by atoms with Gasteiger partial charge in [0.05, 0.1) is 0 Å².